The Bertz CT molecular complexity index is 507. The summed E-state index contributed by atoms with van der Waals surface area (Å²) in [5, 5.41) is 5.10. The van der Waals surface area contributed by atoms with Gasteiger partial charge in [-0.1, -0.05) is 40.2 Å². The highest BCUT2D eigenvalue weighted by Gasteiger charge is 2.13. The summed E-state index contributed by atoms with van der Waals surface area (Å²) >= 11 is 3.61. The van der Waals surface area contributed by atoms with Crippen LogP contribution in [0.4, 0.5) is 0 Å². The average molecular weight is 308 g/mol. The minimum Gasteiger partial charge on any atom is -0.253 e. The van der Waals surface area contributed by atoms with Gasteiger partial charge >= 0.3 is 0 Å². The van der Waals surface area contributed by atoms with Gasteiger partial charge in [0, 0.05) is 18.8 Å². The van der Waals surface area contributed by atoms with Gasteiger partial charge in [0.1, 0.15) is 12.2 Å². The van der Waals surface area contributed by atoms with Gasteiger partial charge in [-0.2, -0.15) is 5.10 Å². The molecule has 96 valence electrons. The first-order valence-electron chi connectivity index (χ1n) is 6.14. The Morgan fingerprint density at radius 3 is 2.67 bits per heavy atom. The third-order valence-electron chi connectivity index (χ3n) is 3.26. The van der Waals surface area contributed by atoms with Gasteiger partial charge in [-0.05, 0) is 30.4 Å². The summed E-state index contributed by atoms with van der Waals surface area (Å²) in [7, 11) is 1.95. The van der Waals surface area contributed by atoms with Gasteiger partial charge in [0.15, 0.2) is 0 Å². The molecule has 1 aromatic carbocycles. The first-order chi connectivity index (χ1) is 8.70. The smallest absolute Gasteiger partial charge is 0.138 e. The lowest BCUT2D eigenvalue weighted by Crippen LogP contribution is -2.14. The van der Waals surface area contributed by atoms with E-state index in [2.05, 4.69) is 57.2 Å². The van der Waals surface area contributed by atoms with Crippen LogP contribution in [0.15, 0.2) is 30.6 Å². The van der Waals surface area contributed by atoms with Crippen LogP contribution in [0.5, 0.6) is 0 Å². The SMILES string of the molecule is Cc1ccccc1CC(CBr)Cc1ncnn1C. The molecule has 1 heterocycles. The topological polar surface area (TPSA) is 30.7 Å². The van der Waals surface area contributed by atoms with E-state index in [1.165, 1.54) is 11.1 Å². The monoisotopic (exact) mass is 307 g/mol. The molecule has 4 heteroatoms. The molecule has 2 aromatic rings. The van der Waals surface area contributed by atoms with Crippen molar-refractivity contribution in [1.29, 1.82) is 0 Å². The molecular weight excluding hydrogens is 290 g/mol. The summed E-state index contributed by atoms with van der Waals surface area (Å²) in [5.41, 5.74) is 2.78. The van der Waals surface area contributed by atoms with Crippen LogP contribution in [0.1, 0.15) is 17.0 Å². The first-order valence-corrected chi connectivity index (χ1v) is 7.26. The molecule has 0 bridgehead atoms. The number of rotatable bonds is 5. The highest BCUT2D eigenvalue weighted by atomic mass is 79.9. The van der Waals surface area contributed by atoms with Gasteiger partial charge in [0.2, 0.25) is 0 Å². The number of hydrogen-bond donors (Lipinski definition) is 0. The molecule has 1 aromatic heterocycles. The van der Waals surface area contributed by atoms with Crippen molar-refractivity contribution in [3.8, 4) is 0 Å². The van der Waals surface area contributed by atoms with Crippen LogP contribution in [-0.4, -0.2) is 20.1 Å². The molecule has 0 amide bonds. The highest BCUT2D eigenvalue weighted by molar-refractivity contribution is 9.09. The zero-order chi connectivity index (χ0) is 13.0. The minimum absolute atomic E-state index is 0.550. The number of hydrogen-bond acceptors (Lipinski definition) is 2. The zero-order valence-electron chi connectivity index (χ0n) is 10.8. The number of aryl methyl sites for hydroxylation is 2. The second-order valence-electron chi connectivity index (χ2n) is 4.65. The molecule has 2 rings (SSSR count). The maximum atomic E-state index is 4.30. The number of benzene rings is 1. The van der Waals surface area contributed by atoms with Crippen molar-refractivity contribution in [2.45, 2.75) is 19.8 Å². The predicted octanol–water partition coefficient (Wildman–Crippen LogP) is 2.92. The number of halogens is 1. The van der Waals surface area contributed by atoms with Crippen LogP contribution in [0.2, 0.25) is 0 Å². The third-order valence-corrected chi connectivity index (χ3v) is 4.18. The lowest BCUT2D eigenvalue weighted by atomic mass is 9.95. The molecule has 0 aliphatic heterocycles. The summed E-state index contributed by atoms with van der Waals surface area (Å²) in [5.74, 6) is 1.60. The average Bonchev–Trinajstić information content (AvgIpc) is 2.77. The number of nitrogens with zero attached hydrogens (tertiary/aromatic N) is 3. The Balaban J connectivity index is 2.06. The van der Waals surface area contributed by atoms with E-state index in [1.807, 2.05) is 11.7 Å². The molecular formula is C14H18BrN3. The van der Waals surface area contributed by atoms with Crippen LogP contribution in [-0.2, 0) is 19.9 Å². The van der Waals surface area contributed by atoms with Crippen molar-refractivity contribution in [3.63, 3.8) is 0 Å². The first kappa shape index (κ1) is 13.3. The Hall–Kier alpha value is -1.16. The van der Waals surface area contributed by atoms with Crippen molar-refractivity contribution >= 4 is 15.9 Å². The molecule has 0 spiro atoms. The predicted molar refractivity (Wildman–Crippen MR) is 76.9 cm³/mol. The van der Waals surface area contributed by atoms with E-state index in [1.54, 1.807) is 6.33 Å². The van der Waals surface area contributed by atoms with Gasteiger partial charge in [0.05, 0.1) is 0 Å². The zero-order valence-corrected chi connectivity index (χ0v) is 12.4. The summed E-state index contributed by atoms with van der Waals surface area (Å²) in [6, 6.07) is 8.57. The highest BCUT2D eigenvalue weighted by Crippen LogP contribution is 2.18. The van der Waals surface area contributed by atoms with Crippen LogP contribution in [0.3, 0.4) is 0 Å². The summed E-state index contributed by atoms with van der Waals surface area (Å²) in [6.07, 6.45) is 3.65. The van der Waals surface area contributed by atoms with Crippen molar-refractivity contribution in [3.05, 3.63) is 47.5 Å². The summed E-state index contributed by atoms with van der Waals surface area (Å²) < 4.78 is 1.85. The minimum atomic E-state index is 0.550. The molecule has 1 unspecified atom stereocenters. The Labute approximate surface area is 116 Å². The van der Waals surface area contributed by atoms with E-state index in [-0.39, 0.29) is 0 Å². The Kier molecular flexibility index (Phi) is 4.53. The quantitative estimate of drug-likeness (QED) is 0.795. The lowest BCUT2D eigenvalue weighted by Gasteiger charge is -2.15. The van der Waals surface area contributed by atoms with Crippen molar-refractivity contribution < 1.29 is 0 Å². The molecule has 0 saturated heterocycles. The lowest BCUT2D eigenvalue weighted by molar-refractivity contribution is 0.547. The number of alkyl halides is 1. The molecule has 0 radical (unpaired) electrons. The molecule has 3 nitrogen and oxygen atoms in total. The van der Waals surface area contributed by atoms with E-state index in [4.69, 9.17) is 0 Å². The number of aromatic nitrogens is 3. The van der Waals surface area contributed by atoms with Gasteiger partial charge in [-0.25, -0.2) is 4.98 Å². The van der Waals surface area contributed by atoms with E-state index in [0.29, 0.717) is 5.92 Å². The van der Waals surface area contributed by atoms with Crippen molar-refractivity contribution in [1.82, 2.24) is 14.8 Å². The van der Waals surface area contributed by atoms with Gasteiger partial charge in [-0.15, -0.1) is 0 Å². The van der Waals surface area contributed by atoms with Crippen LogP contribution in [0, 0.1) is 12.8 Å². The Morgan fingerprint density at radius 2 is 2.06 bits per heavy atom. The third kappa shape index (κ3) is 3.19. The van der Waals surface area contributed by atoms with E-state index in [9.17, 15) is 0 Å². The fourth-order valence-corrected chi connectivity index (χ4v) is 2.55. The standard InChI is InChI=1S/C14H18BrN3/c1-11-5-3-4-6-13(11)7-12(9-15)8-14-16-10-17-18(14)2/h3-6,10,12H,7-9H2,1-2H3. The molecule has 1 atom stereocenters. The van der Waals surface area contributed by atoms with Gasteiger partial charge in [0.25, 0.3) is 0 Å². The second kappa shape index (κ2) is 6.14. The molecule has 0 aliphatic rings. The van der Waals surface area contributed by atoms with E-state index >= 15 is 0 Å². The van der Waals surface area contributed by atoms with Crippen molar-refractivity contribution in [2.24, 2.45) is 13.0 Å². The van der Waals surface area contributed by atoms with E-state index in [0.717, 1.165) is 24.0 Å². The fraction of sp³-hybridized carbons (Fsp3) is 0.429. The molecule has 0 aliphatic carbocycles. The maximum Gasteiger partial charge on any atom is 0.138 e. The molecule has 0 saturated carbocycles. The molecule has 0 N–H and O–H groups in total. The fourth-order valence-electron chi connectivity index (χ4n) is 2.09. The normalized spacial score (nSPS) is 12.6. The van der Waals surface area contributed by atoms with Gasteiger partial charge < -0.3 is 0 Å². The van der Waals surface area contributed by atoms with Gasteiger partial charge in [-0.3, -0.25) is 4.68 Å². The van der Waals surface area contributed by atoms with Crippen LogP contribution in [0.25, 0.3) is 0 Å². The Morgan fingerprint density at radius 1 is 1.28 bits per heavy atom. The maximum absolute atomic E-state index is 4.30. The summed E-state index contributed by atoms with van der Waals surface area (Å²) in [4.78, 5) is 4.30. The largest absolute Gasteiger partial charge is 0.253 e. The molecule has 18 heavy (non-hydrogen) atoms. The summed E-state index contributed by atoms with van der Waals surface area (Å²) in [6.45, 7) is 2.17. The van der Waals surface area contributed by atoms with Crippen LogP contribution >= 0.6 is 15.9 Å². The second-order valence-corrected chi connectivity index (χ2v) is 5.30. The van der Waals surface area contributed by atoms with Crippen molar-refractivity contribution in [2.75, 3.05) is 5.33 Å². The van der Waals surface area contributed by atoms with E-state index < -0.39 is 0 Å². The van der Waals surface area contributed by atoms with Crippen LogP contribution < -0.4 is 0 Å². The molecule has 0 fully saturated rings.